The van der Waals surface area contributed by atoms with E-state index in [1.165, 1.54) is 17.8 Å². The minimum Gasteiger partial charge on any atom is -0.334 e. The molecule has 134 valence electrons. The van der Waals surface area contributed by atoms with Crippen LogP contribution in [0.2, 0.25) is 0 Å². The van der Waals surface area contributed by atoms with Crippen LogP contribution in [0.25, 0.3) is 22.5 Å². The van der Waals surface area contributed by atoms with Crippen LogP contribution in [0.4, 0.5) is 0 Å². The summed E-state index contributed by atoms with van der Waals surface area (Å²) in [6.07, 6.45) is 2.14. The van der Waals surface area contributed by atoms with Gasteiger partial charge in [0, 0.05) is 32.8 Å². The summed E-state index contributed by atoms with van der Waals surface area (Å²) < 4.78 is 7.63. The highest BCUT2D eigenvalue weighted by Crippen LogP contribution is 2.19. The number of nitrogens with one attached hydrogen (secondary N) is 1. The van der Waals surface area contributed by atoms with E-state index in [9.17, 15) is 9.59 Å². The lowest BCUT2D eigenvalue weighted by atomic mass is 10.2. The van der Waals surface area contributed by atoms with Crippen molar-refractivity contribution in [2.75, 3.05) is 7.05 Å². The van der Waals surface area contributed by atoms with Gasteiger partial charge in [0.15, 0.2) is 5.82 Å². The molecular formula is C15H19ClN6O3. The molecule has 1 unspecified atom stereocenters. The van der Waals surface area contributed by atoms with Gasteiger partial charge in [-0.1, -0.05) is 5.16 Å². The summed E-state index contributed by atoms with van der Waals surface area (Å²) in [5.74, 6) is 0.860. The van der Waals surface area contributed by atoms with E-state index < -0.39 is 11.2 Å². The van der Waals surface area contributed by atoms with Crippen LogP contribution in [0.15, 0.2) is 26.4 Å². The number of fused-ring (bicyclic) bond motifs is 1. The van der Waals surface area contributed by atoms with E-state index in [1.807, 2.05) is 14.0 Å². The summed E-state index contributed by atoms with van der Waals surface area (Å²) in [5.41, 5.74) is 0.0179. The Kier molecular flexibility index (Phi) is 5.39. The zero-order valence-electron chi connectivity index (χ0n) is 14.3. The summed E-state index contributed by atoms with van der Waals surface area (Å²) in [7, 11) is 4.86. The van der Waals surface area contributed by atoms with Crippen LogP contribution < -0.4 is 16.6 Å². The third-order valence-corrected chi connectivity index (χ3v) is 3.99. The topological polar surface area (TPSA) is 108 Å². The fourth-order valence-electron chi connectivity index (χ4n) is 2.41. The van der Waals surface area contributed by atoms with Gasteiger partial charge in [-0.3, -0.25) is 13.9 Å². The van der Waals surface area contributed by atoms with Crippen molar-refractivity contribution in [1.82, 2.24) is 29.6 Å². The number of likely N-dealkylation sites (N-methyl/N-ethyl adjacent to an activating group) is 1. The summed E-state index contributed by atoms with van der Waals surface area (Å²) in [6, 6.07) is 1.83. The molecule has 0 aliphatic rings. The molecule has 10 heteroatoms. The number of nitrogens with zero attached hydrogens (tertiary/aromatic N) is 5. The maximum absolute atomic E-state index is 12.3. The first-order chi connectivity index (χ1) is 11.4. The van der Waals surface area contributed by atoms with Gasteiger partial charge in [-0.25, -0.2) is 9.78 Å². The molecule has 3 aromatic heterocycles. The number of aromatic nitrogens is 5. The molecule has 0 spiro atoms. The molecule has 3 rings (SSSR count). The van der Waals surface area contributed by atoms with Crippen molar-refractivity contribution in [2.24, 2.45) is 14.1 Å². The Hall–Kier alpha value is -2.52. The molecule has 0 aliphatic carbocycles. The Bertz CT molecular complexity index is 1020. The Balaban J connectivity index is 0.00000225. The van der Waals surface area contributed by atoms with Crippen molar-refractivity contribution >= 4 is 23.4 Å². The van der Waals surface area contributed by atoms with E-state index in [4.69, 9.17) is 4.52 Å². The average molecular weight is 367 g/mol. The van der Waals surface area contributed by atoms with E-state index in [1.54, 1.807) is 13.1 Å². The van der Waals surface area contributed by atoms with Gasteiger partial charge in [0.1, 0.15) is 5.65 Å². The molecule has 1 atom stereocenters. The lowest BCUT2D eigenvalue weighted by molar-refractivity contribution is 0.418. The maximum atomic E-state index is 12.3. The predicted octanol–water partition coefficient (Wildman–Crippen LogP) is 0.254. The fourth-order valence-corrected chi connectivity index (χ4v) is 2.41. The summed E-state index contributed by atoms with van der Waals surface area (Å²) in [5, 5.41) is 7.36. The van der Waals surface area contributed by atoms with Gasteiger partial charge in [-0.15, -0.1) is 12.4 Å². The van der Waals surface area contributed by atoms with Gasteiger partial charge in [-0.05, 0) is 20.0 Å². The number of pyridine rings is 1. The zero-order valence-corrected chi connectivity index (χ0v) is 15.1. The lowest BCUT2D eigenvalue weighted by Gasteiger charge is -2.06. The van der Waals surface area contributed by atoms with Gasteiger partial charge < -0.3 is 9.84 Å². The Morgan fingerprint density at radius 1 is 1.28 bits per heavy atom. The largest absolute Gasteiger partial charge is 0.334 e. The van der Waals surface area contributed by atoms with Crippen molar-refractivity contribution < 1.29 is 4.52 Å². The molecule has 1 N–H and O–H groups in total. The van der Waals surface area contributed by atoms with Crippen LogP contribution in [0.3, 0.4) is 0 Å². The summed E-state index contributed by atoms with van der Waals surface area (Å²) >= 11 is 0. The molecule has 0 saturated carbocycles. The number of aryl methyl sites for hydroxylation is 1. The monoisotopic (exact) mass is 366 g/mol. The minimum atomic E-state index is -0.422. The van der Waals surface area contributed by atoms with Crippen LogP contribution in [0.5, 0.6) is 0 Å². The summed E-state index contributed by atoms with van der Waals surface area (Å²) in [4.78, 5) is 32.8. The molecule has 0 saturated heterocycles. The van der Waals surface area contributed by atoms with Crippen LogP contribution in [0, 0.1) is 0 Å². The molecule has 0 aliphatic heterocycles. The van der Waals surface area contributed by atoms with Gasteiger partial charge in [0.2, 0.25) is 0 Å². The Labute approximate surface area is 149 Å². The second-order valence-electron chi connectivity index (χ2n) is 5.71. The van der Waals surface area contributed by atoms with E-state index in [0.717, 1.165) is 4.57 Å². The second-order valence-corrected chi connectivity index (χ2v) is 5.71. The maximum Gasteiger partial charge on any atom is 0.332 e. The lowest BCUT2D eigenvalue weighted by Crippen LogP contribution is -2.37. The molecule has 0 bridgehead atoms. The molecule has 0 radical (unpaired) electrons. The minimum absolute atomic E-state index is 0. The Morgan fingerprint density at radius 2 is 2.00 bits per heavy atom. The van der Waals surface area contributed by atoms with Crippen molar-refractivity contribution in [3.8, 4) is 11.5 Å². The molecule has 0 aromatic carbocycles. The van der Waals surface area contributed by atoms with E-state index in [0.29, 0.717) is 34.7 Å². The molecule has 0 amide bonds. The highest BCUT2D eigenvalue weighted by Gasteiger charge is 2.15. The highest BCUT2D eigenvalue weighted by atomic mass is 35.5. The van der Waals surface area contributed by atoms with Crippen LogP contribution in [-0.2, 0) is 20.5 Å². The number of halogens is 1. The molecule has 9 nitrogen and oxygen atoms in total. The Morgan fingerprint density at radius 3 is 2.68 bits per heavy atom. The first-order valence-electron chi connectivity index (χ1n) is 7.48. The van der Waals surface area contributed by atoms with Crippen molar-refractivity contribution in [3.05, 3.63) is 38.9 Å². The molecule has 25 heavy (non-hydrogen) atoms. The fraction of sp³-hybridized carbons (Fsp3) is 0.400. The van der Waals surface area contributed by atoms with Crippen molar-refractivity contribution in [3.63, 3.8) is 0 Å². The number of hydrogen-bond acceptors (Lipinski definition) is 7. The molecular weight excluding hydrogens is 348 g/mol. The van der Waals surface area contributed by atoms with Gasteiger partial charge in [0.05, 0.1) is 10.9 Å². The first-order valence-corrected chi connectivity index (χ1v) is 7.48. The molecule has 3 heterocycles. The third-order valence-electron chi connectivity index (χ3n) is 3.99. The van der Waals surface area contributed by atoms with E-state index in [2.05, 4.69) is 20.4 Å². The second kappa shape index (κ2) is 7.16. The van der Waals surface area contributed by atoms with Crippen LogP contribution >= 0.6 is 12.4 Å². The first kappa shape index (κ1) is 18.8. The zero-order chi connectivity index (χ0) is 17.4. The quantitative estimate of drug-likeness (QED) is 0.705. The summed E-state index contributed by atoms with van der Waals surface area (Å²) in [6.45, 7) is 2.01. The van der Waals surface area contributed by atoms with Gasteiger partial charge in [0.25, 0.3) is 11.4 Å². The van der Waals surface area contributed by atoms with Crippen LogP contribution in [0.1, 0.15) is 12.7 Å². The van der Waals surface area contributed by atoms with Crippen LogP contribution in [-0.4, -0.2) is 37.3 Å². The average Bonchev–Trinajstić information content (AvgIpc) is 3.05. The molecule has 0 fully saturated rings. The predicted molar refractivity (Wildman–Crippen MR) is 95.0 cm³/mol. The SMILES string of the molecule is CNC(C)Cc1noc(-c2cnc3c(c2)c(=O)n(C)c(=O)n3C)n1.Cl. The highest BCUT2D eigenvalue weighted by molar-refractivity contribution is 5.85. The van der Waals surface area contributed by atoms with E-state index >= 15 is 0 Å². The van der Waals surface area contributed by atoms with E-state index in [-0.39, 0.29) is 18.4 Å². The number of rotatable bonds is 4. The van der Waals surface area contributed by atoms with Gasteiger partial charge in [-0.2, -0.15) is 4.98 Å². The molecule has 3 aromatic rings. The third kappa shape index (κ3) is 3.33. The number of hydrogen-bond donors (Lipinski definition) is 1. The van der Waals surface area contributed by atoms with Crippen molar-refractivity contribution in [2.45, 2.75) is 19.4 Å². The normalized spacial score (nSPS) is 12.2. The standard InChI is InChI=1S/C15H18N6O3.ClH/c1-8(16-2)5-11-18-13(24-19-11)9-6-10-12(17-7-9)20(3)15(23)21(4)14(10)22;/h6-8,16H,5H2,1-4H3;1H. The van der Waals surface area contributed by atoms with Crippen molar-refractivity contribution in [1.29, 1.82) is 0 Å². The smallest absolute Gasteiger partial charge is 0.332 e. The van der Waals surface area contributed by atoms with Gasteiger partial charge >= 0.3 is 5.69 Å².